The molecule has 0 aromatic heterocycles. The second-order valence-corrected chi connectivity index (χ2v) is 4.90. The molecule has 0 bridgehead atoms. The van der Waals surface area contributed by atoms with Crippen LogP contribution in [0.1, 0.15) is 11.1 Å². The van der Waals surface area contributed by atoms with Crippen molar-refractivity contribution >= 4 is 17.6 Å². The third kappa shape index (κ3) is 4.39. The largest absolute Gasteiger partial charge is 0.496 e. The van der Waals surface area contributed by atoms with Gasteiger partial charge >= 0.3 is 5.97 Å². The zero-order chi connectivity index (χ0) is 15.2. The lowest BCUT2D eigenvalue weighted by molar-refractivity contribution is -0.136. The molecular formula is C16H15ClO4. The van der Waals surface area contributed by atoms with Gasteiger partial charge in [-0.2, -0.15) is 0 Å². The fourth-order valence-corrected chi connectivity index (χ4v) is 2.09. The average molecular weight is 307 g/mol. The minimum Gasteiger partial charge on any atom is -0.496 e. The first-order valence-electron chi connectivity index (χ1n) is 6.34. The third-order valence-electron chi connectivity index (χ3n) is 2.92. The highest BCUT2D eigenvalue weighted by Crippen LogP contribution is 2.24. The molecule has 0 saturated heterocycles. The van der Waals surface area contributed by atoms with E-state index in [9.17, 15) is 4.79 Å². The SMILES string of the molecule is COc1ccc(Cl)cc1COc1ccc(CC(=O)O)cc1. The summed E-state index contributed by atoms with van der Waals surface area (Å²) in [6.45, 7) is 0.321. The van der Waals surface area contributed by atoms with Crippen LogP contribution in [0.25, 0.3) is 0 Å². The van der Waals surface area contributed by atoms with Gasteiger partial charge in [0.2, 0.25) is 0 Å². The summed E-state index contributed by atoms with van der Waals surface area (Å²) in [5, 5.41) is 9.33. The molecule has 0 amide bonds. The monoisotopic (exact) mass is 306 g/mol. The third-order valence-corrected chi connectivity index (χ3v) is 3.15. The Morgan fingerprint density at radius 3 is 2.52 bits per heavy atom. The van der Waals surface area contributed by atoms with Gasteiger partial charge in [0, 0.05) is 10.6 Å². The number of carboxylic acids is 1. The van der Waals surface area contributed by atoms with Crippen molar-refractivity contribution in [1.82, 2.24) is 0 Å². The first kappa shape index (κ1) is 15.2. The molecule has 0 fully saturated rings. The number of aliphatic carboxylic acids is 1. The summed E-state index contributed by atoms with van der Waals surface area (Å²) in [6.07, 6.45) is 0.00238. The van der Waals surface area contributed by atoms with Gasteiger partial charge in [-0.05, 0) is 35.9 Å². The van der Waals surface area contributed by atoms with Crippen LogP contribution in [-0.2, 0) is 17.8 Å². The normalized spacial score (nSPS) is 10.2. The van der Waals surface area contributed by atoms with Crippen LogP contribution in [0.5, 0.6) is 11.5 Å². The van der Waals surface area contributed by atoms with E-state index in [1.165, 1.54) is 0 Å². The maximum atomic E-state index is 10.6. The van der Waals surface area contributed by atoms with Crippen LogP contribution in [0.4, 0.5) is 0 Å². The van der Waals surface area contributed by atoms with Gasteiger partial charge < -0.3 is 14.6 Å². The number of hydrogen-bond donors (Lipinski definition) is 1. The van der Waals surface area contributed by atoms with Crippen molar-refractivity contribution in [3.05, 3.63) is 58.6 Å². The minimum atomic E-state index is -0.854. The maximum absolute atomic E-state index is 10.6. The molecule has 2 rings (SSSR count). The summed E-state index contributed by atoms with van der Waals surface area (Å²) < 4.78 is 10.9. The highest BCUT2D eigenvalue weighted by Gasteiger charge is 2.06. The molecule has 0 aliphatic carbocycles. The maximum Gasteiger partial charge on any atom is 0.307 e. The van der Waals surface area contributed by atoms with Gasteiger partial charge in [-0.3, -0.25) is 4.79 Å². The van der Waals surface area contributed by atoms with E-state index in [0.29, 0.717) is 23.1 Å². The highest BCUT2D eigenvalue weighted by molar-refractivity contribution is 6.30. The Balaban J connectivity index is 2.03. The van der Waals surface area contributed by atoms with E-state index >= 15 is 0 Å². The van der Waals surface area contributed by atoms with Crippen molar-refractivity contribution in [2.75, 3.05) is 7.11 Å². The van der Waals surface area contributed by atoms with Crippen LogP contribution in [0.3, 0.4) is 0 Å². The summed E-state index contributed by atoms with van der Waals surface area (Å²) in [5.41, 5.74) is 1.58. The number of carboxylic acid groups (broad SMARTS) is 1. The summed E-state index contributed by atoms with van der Waals surface area (Å²) in [6, 6.07) is 12.3. The topological polar surface area (TPSA) is 55.8 Å². The van der Waals surface area contributed by atoms with E-state index in [-0.39, 0.29) is 6.42 Å². The summed E-state index contributed by atoms with van der Waals surface area (Å²) in [4.78, 5) is 10.6. The molecule has 5 heteroatoms. The van der Waals surface area contributed by atoms with Crippen molar-refractivity contribution in [2.45, 2.75) is 13.0 Å². The molecule has 0 spiro atoms. The fourth-order valence-electron chi connectivity index (χ4n) is 1.90. The first-order chi connectivity index (χ1) is 10.1. The van der Waals surface area contributed by atoms with E-state index in [2.05, 4.69) is 0 Å². The van der Waals surface area contributed by atoms with Gasteiger partial charge in [0.1, 0.15) is 18.1 Å². The number of halogens is 1. The molecule has 1 N–H and O–H groups in total. The number of methoxy groups -OCH3 is 1. The van der Waals surface area contributed by atoms with Crippen molar-refractivity contribution in [3.8, 4) is 11.5 Å². The van der Waals surface area contributed by atoms with Gasteiger partial charge in [0.25, 0.3) is 0 Å². The molecule has 0 atom stereocenters. The van der Waals surface area contributed by atoms with Gasteiger partial charge in [0.15, 0.2) is 0 Å². The number of ether oxygens (including phenoxy) is 2. The second kappa shape index (κ2) is 6.99. The van der Waals surface area contributed by atoms with E-state index in [4.69, 9.17) is 26.2 Å². The first-order valence-corrected chi connectivity index (χ1v) is 6.72. The Bertz CT molecular complexity index is 623. The van der Waals surface area contributed by atoms with Crippen molar-refractivity contribution < 1.29 is 19.4 Å². The lowest BCUT2D eigenvalue weighted by Crippen LogP contribution is -2.01. The van der Waals surface area contributed by atoms with Crippen molar-refractivity contribution in [2.24, 2.45) is 0 Å². The van der Waals surface area contributed by atoms with Crippen LogP contribution in [0.2, 0.25) is 5.02 Å². The summed E-state index contributed by atoms with van der Waals surface area (Å²) in [7, 11) is 1.59. The minimum absolute atomic E-state index is 0.00238. The zero-order valence-electron chi connectivity index (χ0n) is 11.5. The Kier molecular flexibility index (Phi) is 5.06. The van der Waals surface area contributed by atoms with E-state index < -0.39 is 5.97 Å². The highest BCUT2D eigenvalue weighted by atomic mass is 35.5. The zero-order valence-corrected chi connectivity index (χ0v) is 12.3. The molecule has 2 aromatic rings. The molecular weight excluding hydrogens is 292 g/mol. The van der Waals surface area contributed by atoms with Gasteiger partial charge in [-0.15, -0.1) is 0 Å². The van der Waals surface area contributed by atoms with E-state index in [1.807, 2.05) is 0 Å². The Morgan fingerprint density at radius 2 is 1.90 bits per heavy atom. The molecule has 0 unspecified atom stereocenters. The van der Waals surface area contributed by atoms with Crippen LogP contribution in [-0.4, -0.2) is 18.2 Å². The standard InChI is InChI=1S/C16H15ClO4/c1-20-15-7-4-13(17)9-12(15)10-21-14-5-2-11(3-6-14)8-16(18)19/h2-7,9H,8,10H2,1H3,(H,18,19). The number of rotatable bonds is 6. The summed E-state index contributed by atoms with van der Waals surface area (Å²) >= 11 is 5.96. The Labute approximate surface area is 127 Å². The van der Waals surface area contributed by atoms with Gasteiger partial charge in [-0.1, -0.05) is 23.7 Å². The van der Waals surface area contributed by atoms with E-state index in [1.54, 1.807) is 49.6 Å². The summed E-state index contributed by atoms with van der Waals surface area (Å²) in [5.74, 6) is 0.514. The second-order valence-electron chi connectivity index (χ2n) is 4.46. The molecule has 21 heavy (non-hydrogen) atoms. The van der Waals surface area contributed by atoms with Crippen molar-refractivity contribution in [3.63, 3.8) is 0 Å². The van der Waals surface area contributed by atoms with Crippen LogP contribution >= 0.6 is 11.6 Å². The predicted octanol–water partition coefficient (Wildman–Crippen LogP) is 3.55. The number of carbonyl (C=O) groups is 1. The van der Waals surface area contributed by atoms with Crippen molar-refractivity contribution in [1.29, 1.82) is 0 Å². The molecule has 0 heterocycles. The van der Waals surface area contributed by atoms with Crippen LogP contribution in [0.15, 0.2) is 42.5 Å². The predicted molar refractivity (Wildman–Crippen MR) is 80.1 cm³/mol. The van der Waals surface area contributed by atoms with Gasteiger partial charge in [0.05, 0.1) is 13.5 Å². The molecule has 2 aromatic carbocycles. The number of hydrogen-bond acceptors (Lipinski definition) is 3. The lowest BCUT2D eigenvalue weighted by Gasteiger charge is -2.11. The molecule has 0 radical (unpaired) electrons. The Hall–Kier alpha value is -2.20. The fraction of sp³-hybridized carbons (Fsp3) is 0.188. The van der Waals surface area contributed by atoms with E-state index in [0.717, 1.165) is 11.1 Å². The average Bonchev–Trinajstić information content (AvgIpc) is 2.46. The smallest absolute Gasteiger partial charge is 0.307 e. The van der Waals surface area contributed by atoms with Crippen LogP contribution in [0, 0.1) is 0 Å². The number of benzene rings is 2. The van der Waals surface area contributed by atoms with Crippen LogP contribution < -0.4 is 9.47 Å². The molecule has 0 aliphatic rings. The molecule has 4 nitrogen and oxygen atoms in total. The Morgan fingerprint density at radius 1 is 1.19 bits per heavy atom. The molecule has 110 valence electrons. The molecule has 0 aliphatic heterocycles. The van der Waals surface area contributed by atoms with Gasteiger partial charge in [-0.25, -0.2) is 0 Å². The molecule has 0 saturated carbocycles. The lowest BCUT2D eigenvalue weighted by atomic mass is 10.1. The quantitative estimate of drug-likeness (QED) is 0.886.